The van der Waals surface area contributed by atoms with Crippen LogP contribution in [0.25, 0.3) is 0 Å². The Hall–Kier alpha value is -2.51. The van der Waals surface area contributed by atoms with Crippen molar-refractivity contribution in [1.29, 1.82) is 0 Å². The van der Waals surface area contributed by atoms with Crippen molar-refractivity contribution < 1.29 is 13.2 Å². The molecule has 0 radical (unpaired) electrons. The number of aromatic nitrogens is 2. The molecule has 5 nitrogen and oxygen atoms in total. The lowest BCUT2D eigenvalue weighted by Gasteiger charge is -2.18. The van der Waals surface area contributed by atoms with Crippen LogP contribution in [0.5, 0.6) is 0 Å². The van der Waals surface area contributed by atoms with Crippen molar-refractivity contribution >= 4 is 5.96 Å². The lowest BCUT2D eigenvalue weighted by Crippen LogP contribution is -2.43. The number of guanidine groups is 1. The first-order chi connectivity index (χ1) is 13.1. The van der Waals surface area contributed by atoms with Crippen molar-refractivity contribution in [1.82, 2.24) is 20.4 Å². The molecular formula is C20H28F3N5. The summed E-state index contributed by atoms with van der Waals surface area (Å²) in [7, 11) is 3.63. The fourth-order valence-corrected chi connectivity index (χ4v) is 3.08. The van der Waals surface area contributed by atoms with E-state index >= 15 is 0 Å². The van der Waals surface area contributed by atoms with Gasteiger partial charge < -0.3 is 10.6 Å². The van der Waals surface area contributed by atoms with Crippen molar-refractivity contribution in [3.8, 4) is 0 Å². The van der Waals surface area contributed by atoms with Gasteiger partial charge in [-0.15, -0.1) is 0 Å². The third kappa shape index (κ3) is 5.74. The molecule has 1 aromatic heterocycles. The zero-order valence-electron chi connectivity index (χ0n) is 17.0. The van der Waals surface area contributed by atoms with Crippen LogP contribution in [0.2, 0.25) is 0 Å². The van der Waals surface area contributed by atoms with E-state index in [9.17, 15) is 13.2 Å². The Bertz CT molecular complexity index is 806. The van der Waals surface area contributed by atoms with E-state index in [2.05, 4.69) is 34.6 Å². The summed E-state index contributed by atoms with van der Waals surface area (Å²) in [6.07, 6.45) is -2.87. The molecule has 0 saturated carbocycles. The first kappa shape index (κ1) is 21.8. The van der Waals surface area contributed by atoms with Crippen LogP contribution < -0.4 is 10.6 Å². The van der Waals surface area contributed by atoms with E-state index in [1.165, 1.54) is 17.7 Å². The molecular weight excluding hydrogens is 367 g/mol. The Kier molecular flexibility index (Phi) is 7.10. The summed E-state index contributed by atoms with van der Waals surface area (Å²) in [6, 6.07) is 5.40. The van der Waals surface area contributed by atoms with Gasteiger partial charge in [0.2, 0.25) is 0 Å². The van der Waals surface area contributed by atoms with E-state index in [0.717, 1.165) is 35.5 Å². The number of rotatable bonds is 6. The fraction of sp³-hybridized carbons (Fsp3) is 0.500. The predicted octanol–water partition coefficient (Wildman–Crippen LogP) is 3.39. The van der Waals surface area contributed by atoms with Gasteiger partial charge in [-0.2, -0.15) is 18.3 Å². The van der Waals surface area contributed by atoms with Crippen molar-refractivity contribution in [3.63, 3.8) is 0 Å². The Morgan fingerprint density at radius 3 is 2.36 bits per heavy atom. The van der Waals surface area contributed by atoms with Crippen molar-refractivity contribution in [2.24, 2.45) is 12.0 Å². The zero-order valence-corrected chi connectivity index (χ0v) is 17.0. The Morgan fingerprint density at radius 1 is 1.21 bits per heavy atom. The second-order valence-electron chi connectivity index (χ2n) is 6.97. The number of nitrogens with zero attached hydrogens (tertiary/aromatic N) is 3. The number of aryl methyl sites for hydroxylation is 2. The SMILES string of the molecule is CN=C(NCCc1ccc(C(F)(F)F)cc1)NC(C)Cc1c(C)nn(C)c1C. The Morgan fingerprint density at radius 2 is 1.86 bits per heavy atom. The first-order valence-electron chi connectivity index (χ1n) is 9.24. The second kappa shape index (κ2) is 9.12. The molecule has 0 amide bonds. The van der Waals surface area contributed by atoms with Gasteiger partial charge in [-0.05, 0) is 56.9 Å². The summed E-state index contributed by atoms with van der Waals surface area (Å²) < 4.78 is 39.7. The van der Waals surface area contributed by atoms with Crippen LogP contribution >= 0.6 is 0 Å². The molecule has 0 bridgehead atoms. The van der Waals surface area contributed by atoms with Gasteiger partial charge in [-0.3, -0.25) is 9.67 Å². The van der Waals surface area contributed by atoms with E-state index in [1.807, 2.05) is 18.7 Å². The maximum Gasteiger partial charge on any atom is 0.416 e. The minimum Gasteiger partial charge on any atom is -0.356 e. The van der Waals surface area contributed by atoms with E-state index in [1.54, 1.807) is 7.05 Å². The van der Waals surface area contributed by atoms with Gasteiger partial charge in [0.15, 0.2) is 5.96 Å². The number of hydrogen-bond acceptors (Lipinski definition) is 2. The number of hydrogen-bond donors (Lipinski definition) is 2. The highest BCUT2D eigenvalue weighted by atomic mass is 19.4. The average molecular weight is 395 g/mol. The topological polar surface area (TPSA) is 54.2 Å². The second-order valence-corrected chi connectivity index (χ2v) is 6.97. The van der Waals surface area contributed by atoms with Crippen molar-refractivity contribution in [3.05, 3.63) is 52.3 Å². The van der Waals surface area contributed by atoms with Gasteiger partial charge in [0.1, 0.15) is 0 Å². The molecule has 0 aliphatic heterocycles. The lowest BCUT2D eigenvalue weighted by atomic mass is 10.1. The summed E-state index contributed by atoms with van der Waals surface area (Å²) in [5.74, 6) is 0.665. The molecule has 0 aliphatic rings. The van der Waals surface area contributed by atoms with E-state index in [0.29, 0.717) is 18.9 Å². The van der Waals surface area contributed by atoms with Crippen molar-refractivity contribution in [2.75, 3.05) is 13.6 Å². The number of aliphatic imine (C=N–C) groups is 1. The highest BCUT2D eigenvalue weighted by Crippen LogP contribution is 2.29. The highest BCUT2D eigenvalue weighted by molar-refractivity contribution is 5.79. The van der Waals surface area contributed by atoms with Gasteiger partial charge in [0, 0.05) is 32.4 Å². The molecule has 1 unspecified atom stereocenters. The molecule has 0 aliphatic carbocycles. The van der Waals surface area contributed by atoms with Gasteiger partial charge in [0.25, 0.3) is 0 Å². The number of benzene rings is 1. The molecule has 8 heteroatoms. The zero-order chi connectivity index (χ0) is 20.9. The van der Waals surface area contributed by atoms with Gasteiger partial charge in [-0.25, -0.2) is 0 Å². The number of halogens is 3. The van der Waals surface area contributed by atoms with Crippen LogP contribution in [0, 0.1) is 13.8 Å². The molecule has 2 N–H and O–H groups in total. The van der Waals surface area contributed by atoms with E-state index in [-0.39, 0.29) is 6.04 Å². The third-order valence-electron chi connectivity index (χ3n) is 4.76. The molecule has 1 atom stereocenters. The van der Waals surface area contributed by atoms with Crippen LogP contribution in [0.3, 0.4) is 0 Å². The van der Waals surface area contributed by atoms with E-state index in [4.69, 9.17) is 0 Å². The summed E-state index contributed by atoms with van der Waals surface area (Å²) >= 11 is 0. The van der Waals surface area contributed by atoms with Gasteiger partial charge in [-0.1, -0.05) is 12.1 Å². The van der Waals surface area contributed by atoms with Gasteiger partial charge in [0.05, 0.1) is 11.3 Å². The molecule has 0 fully saturated rings. The molecule has 0 spiro atoms. The predicted molar refractivity (Wildman–Crippen MR) is 105 cm³/mol. The van der Waals surface area contributed by atoms with Crippen molar-refractivity contribution in [2.45, 2.75) is 45.8 Å². The molecule has 1 heterocycles. The molecule has 154 valence electrons. The summed E-state index contributed by atoms with van der Waals surface area (Å²) in [5, 5.41) is 11.0. The molecule has 2 rings (SSSR count). The average Bonchev–Trinajstić information content (AvgIpc) is 2.86. The molecule has 0 saturated heterocycles. The smallest absolute Gasteiger partial charge is 0.356 e. The third-order valence-corrected chi connectivity index (χ3v) is 4.76. The summed E-state index contributed by atoms with van der Waals surface area (Å²) in [5.41, 5.74) is 3.61. The fourth-order valence-electron chi connectivity index (χ4n) is 3.08. The largest absolute Gasteiger partial charge is 0.416 e. The van der Waals surface area contributed by atoms with E-state index < -0.39 is 11.7 Å². The summed E-state index contributed by atoms with van der Waals surface area (Å²) in [6.45, 7) is 6.71. The van der Waals surface area contributed by atoms with Crippen LogP contribution in [0.1, 0.15) is 35.0 Å². The van der Waals surface area contributed by atoms with Crippen LogP contribution in [0.4, 0.5) is 13.2 Å². The lowest BCUT2D eigenvalue weighted by molar-refractivity contribution is -0.137. The molecule has 2 aromatic rings. The highest BCUT2D eigenvalue weighted by Gasteiger charge is 2.29. The number of alkyl halides is 3. The van der Waals surface area contributed by atoms with Crippen LogP contribution in [-0.4, -0.2) is 35.4 Å². The Labute approximate surface area is 164 Å². The molecule has 28 heavy (non-hydrogen) atoms. The normalized spacial score (nSPS) is 13.5. The summed E-state index contributed by atoms with van der Waals surface area (Å²) in [4.78, 5) is 4.22. The maximum absolute atomic E-state index is 12.6. The quantitative estimate of drug-likeness (QED) is 0.582. The minimum atomic E-state index is -4.30. The monoisotopic (exact) mass is 395 g/mol. The van der Waals surface area contributed by atoms with Crippen LogP contribution in [0.15, 0.2) is 29.3 Å². The Balaban J connectivity index is 1.84. The standard InChI is InChI=1S/C20H28F3N5/c1-13(12-18-14(2)27-28(5)15(18)3)26-19(24-4)25-11-10-16-6-8-17(9-7-16)20(21,22)23/h6-9,13H,10-12H2,1-5H3,(H2,24,25,26). The number of nitrogens with one attached hydrogen (secondary N) is 2. The van der Waals surface area contributed by atoms with Gasteiger partial charge >= 0.3 is 6.18 Å². The maximum atomic E-state index is 12.6. The van der Waals surface area contributed by atoms with Crippen LogP contribution in [-0.2, 0) is 26.1 Å². The first-order valence-corrected chi connectivity index (χ1v) is 9.24. The molecule has 1 aromatic carbocycles. The minimum absolute atomic E-state index is 0.152.